The maximum atomic E-state index is 4.18. The molecule has 0 amide bonds. The van der Waals surface area contributed by atoms with E-state index in [0.717, 1.165) is 13.0 Å². The van der Waals surface area contributed by atoms with E-state index in [4.69, 9.17) is 0 Å². The summed E-state index contributed by atoms with van der Waals surface area (Å²) in [7, 11) is 1.95. The van der Waals surface area contributed by atoms with E-state index in [9.17, 15) is 0 Å². The van der Waals surface area contributed by atoms with Gasteiger partial charge in [0.05, 0.1) is 6.20 Å². The third-order valence-electron chi connectivity index (χ3n) is 3.37. The molecular formula is C16H23N3. The Labute approximate surface area is 115 Å². The Morgan fingerprint density at radius 3 is 2.47 bits per heavy atom. The molecule has 0 radical (unpaired) electrons. The molecule has 1 atom stereocenters. The first-order valence-electron chi connectivity index (χ1n) is 6.83. The molecule has 19 heavy (non-hydrogen) atoms. The third-order valence-corrected chi connectivity index (χ3v) is 3.37. The van der Waals surface area contributed by atoms with Gasteiger partial charge in [0, 0.05) is 19.3 Å². The highest BCUT2D eigenvalue weighted by Gasteiger charge is 2.06. The fourth-order valence-corrected chi connectivity index (χ4v) is 2.41. The molecular weight excluding hydrogens is 234 g/mol. The summed E-state index contributed by atoms with van der Waals surface area (Å²) in [4.78, 5) is 0. The van der Waals surface area contributed by atoms with Gasteiger partial charge in [-0.15, -0.1) is 0 Å². The molecule has 0 aliphatic heterocycles. The molecule has 1 aromatic carbocycles. The summed E-state index contributed by atoms with van der Waals surface area (Å²) in [6.45, 7) is 7.50. The van der Waals surface area contributed by atoms with Crippen LogP contribution in [0.4, 0.5) is 0 Å². The largest absolute Gasteiger partial charge is 0.310 e. The first-order chi connectivity index (χ1) is 9.04. The second kappa shape index (κ2) is 6.02. The van der Waals surface area contributed by atoms with Crippen LogP contribution in [0.15, 0.2) is 30.6 Å². The normalized spacial score (nSPS) is 12.6. The molecule has 1 aromatic heterocycles. The molecule has 0 saturated carbocycles. The van der Waals surface area contributed by atoms with Crippen LogP contribution in [0.5, 0.6) is 0 Å². The summed E-state index contributed by atoms with van der Waals surface area (Å²) < 4.78 is 1.85. The Balaban J connectivity index is 1.88. The average Bonchev–Trinajstić information content (AvgIpc) is 2.73. The van der Waals surface area contributed by atoms with Gasteiger partial charge in [-0.1, -0.05) is 29.3 Å². The molecule has 2 rings (SSSR count). The van der Waals surface area contributed by atoms with E-state index in [2.05, 4.69) is 55.6 Å². The molecule has 0 aliphatic carbocycles. The van der Waals surface area contributed by atoms with Crippen molar-refractivity contribution in [2.75, 3.05) is 6.54 Å². The average molecular weight is 257 g/mol. The molecule has 3 nitrogen and oxygen atoms in total. The van der Waals surface area contributed by atoms with Crippen molar-refractivity contribution >= 4 is 0 Å². The zero-order chi connectivity index (χ0) is 13.8. The van der Waals surface area contributed by atoms with Crippen LogP contribution in [-0.2, 0) is 13.5 Å². The third kappa shape index (κ3) is 3.93. The summed E-state index contributed by atoms with van der Waals surface area (Å²) in [5.41, 5.74) is 5.30. The number of nitrogens with one attached hydrogen (secondary N) is 1. The molecule has 3 heteroatoms. The predicted molar refractivity (Wildman–Crippen MR) is 79.2 cm³/mol. The smallest absolute Gasteiger partial charge is 0.0522 e. The van der Waals surface area contributed by atoms with E-state index < -0.39 is 0 Å². The van der Waals surface area contributed by atoms with Gasteiger partial charge in [0.15, 0.2) is 0 Å². The van der Waals surface area contributed by atoms with E-state index in [1.165, 1.54) is 22.3 Å². The van der Waals surface area contributed by atoms with Crippen LogP contribution in [-0.4, -0.2) is 16.3 Å². The Kier molecular flexibility index (Phi) is 4.38. The second-order valence-electron chi connectivity index (χ2n) is 5.37. The monoisotopic (exact) mass is 257 g/mol. The number of benzene rings is 1. The second-order valence-corrected chi connectivity index (χ2v) is 5.37. The fourth-order valence-electron chi connectivity index (χ4n) is 2.41. The van der Waals surface area contributed by atoms with E-state index in [0.29, 0.717) is 6.04 Å². The Bertz CT molecular complexity index is 522. The van der Waals surface area contributed by atoms with Crippen LogP contribution >= 0.6 is 0 Å². The van der Waals surface area contributed by atoms with Crippen LogP contribution in [0.1, 0.15) is 35.2 Å². The van der Waals surface area contributed by atoms with Crippen molar-refractivity contribution in [3.05, 3.63) is 52.8 Å². The predicted octanol–water partition coefficient (Wildman–Crippen LogP) is 2.93. The van der Waals surface area contributed by atoms with Gasteiger partial charge in [-0.25, -0.2) is 0 Å². The zero-order valence-electron chi connectivity index (χ0n) is 12.3. The molecule has 1 unspecified atom stereocenters. The lowest BCUT2D eigenvalue weighted by Gasteiger charge is -2.15. The van der Waals surface area contributed by atoms with Gasteiger partial charge in [-0.2, -0.15) is 5.10 Å². The van der Waals surface area contributed by atoms with Crippen LogP contribution in [0.3, 0.4) is 0 Å². The van der Waals surface area contributed by atoms with Gasteiger partial charge in [0.2, 0.25) is 0 Å². The number of aromatic nitrogens is 2. The van der Waals surface area contributed by atoms with Crippen molar-refractivity contribution < 1.29 is 0 Å². The summed E-state index contributed by atoms with van der Waals surface area (Å²) in [5.74, 6) is 0. The Morgan fingerprint density at radius 1 is 1.21 bits per heavy atom. The fraction of sp³-hybridized carbons (Fsp3) is 0.438. The lowest BCUT2D eigenvalue weighted by Crippen LogP contribution is -2.21. The zero-order valence-corrected chi connectivity index (χ0v) is 12.3. The standard InChI is InChI=1S/C16H23N3/c1-12-7-13(2)9-16(8-12)14(3)17-6-5-15-10-18-19(4)11-15/h7-11,14,17H,5-6H2,1-4H3. The lowest BCUT2D eigenvalue weighted by molar-refractivity contribution is 0.576. The SMILES string of the molecule is Cc1cc(C)cc(C(C)NCCc2cnn(C)c2)c1. The molecule has 0 saturated heterocycles. The van der Waals surface area contributed by atoms with Crippen molar-refractivity contribution in [3.8, 4) is 0 Å². The highest BCUT2D eigenvalue weighted by Crippen LogP contribution is 2.16. The quantitative estimate of drug-likeness (QED) is 0.892. The van der Waals surface area contributed by atoms with Gasteiger partial charge in [0.1, 0.15) is 0 Å². The number of aryl methyl sites for hydroxylation is 3. The van der Waals surface area contributed by atoms with Gasteiger partial charge in [-0.3, -0.25) is 4.68 Å². The van der Waals surface area contributed by atoms with Gasteiger partial charge >= 0.3 is 0 Å². The van der Waals surface area contributed by atoms with Crippen molar-refractivity contribution in [1.29, 1.82) is 0 Å². The summed E-state index contributed by atoms with van der Waals surface area (Å²) in [6, 6.07) is 7.12. The van der Waals surface area contributed by atoms with E-state index in [1.807, 2.05) is 17.9 Å². The Morgan fingerprint density at radius 2 is 1.89 bits per heavy atom. The number of hydrogen-bond donors (Lipinski definition) is 1. The van der Waals surface area contributed by atoms with Crippen LogP contribution in [0.25, 0.3) is 0 Å². The van der Waals surface area contributed by atoms with Gasteiger partial charge in [-0.05, 0) is 44.9 Å². The first-order valence-corrected chi connectivity index (χ1v) is 6.83. The topological polar surface area (TPSA) is 29.9 Å². The van der Waals surface area contributed by atoms with Gasteiger partial charge in [0.25, 0.3) is 0 Å². The molecule has 102 valence electrons. The van der Waals surface area contributed by atoms with Gasteiger partial charge < -0.3 is 5.32 Å². The maximum Gasteiger partial charge on any atom is 0.0522 e. The molecule has 2 aromatic rings. The summed E-state index contributed by atoms with van der Waals surface area (Å²) in [5, 5.41) is 7.76. The van der Waals surface area contributed by atoms with Crippen LogP contribution in [0.2, 0.25) is 0 Å². The van der Waals surface area contributed by atoms with Crippen molar-refractivity contribution in [3.63, 3.8) is 0 Å². The van der Waals surface area contributed by atoms with Crippen LogP contribution in [0, 0.1) is 13.8 Å². The van der Waals surface area contributed by atoms with Crippen molar-refractivity contribution in [2.24, 2.45) is 7.05 Å². The van der Waals surface area contributed by atoms with Crippen LogP contribution < -0.4 is 5.32 Å². The lowest BCUT2D eigenvalue weighted by atomic mass is 10.0. The highest BCUT2D eigenvalue weighted by molar-refractivity contribution is 5.30. The number of rotatable bonds is 5. The number of nitrogens with zero attached hydrogens (tertiary/aromatic N) is 2. The van der Waals surface area contributed by atoms with Crippen molar-refractivity contribution in [2.45, 2.75) is 33.2 Å². The van der Waals surface area contributed by atoms with Crippen molar-refractivity contribution in [1.82, 2.24) is 15.1 Å². The number of hydrogen-bond acceptors (Lipinski definition) is 2. The molecule has 0 aliphatic rings. The Hall–Kier alpha value is -1.61. The summed E-state index contributed by atoms with van der Waals surface area (Å²) in [6.07, 6.45) is 5.02. The highest BCUT2D eigenvalue weighted by atomic mass is 15.2. The van der Waals surface area contributed by atoms with E-state index in [1.54, 1.807) is 0 Å². The molecule has 1 heterocycles. The minimum absolute atomic E-state index is 0.385. The first kappa shape index (κ1) is 13.8. The molecule has 1 N–H and O–H groups in total. The minimum atomic E-state index is 0.385. The van der Waals surface area contributed by atoms with E-state index >= 15 is 0 Å². The molecule has 0 fully saturated rings. The summed E-state index contributed by atoms with van der Waals surface area (Å²) >= 11 is 0. The molecule has 0 bridgehead atoms. The maximum absolute atomic E-state index is 4.18. The molecule has 0 spiro atoms. The minimum Gasteiger partial charge on any atom is -0.310 e. The van der Waals surface area contributed by atoms with E-state index in [-0.39, 0.29) is 0 Å².